The zero-order valence-electron chi connectivity index (χ0n) is 20.6. The molecule has 7 nitrogen and oxygen atoms in total. The van der Waals surface area contributed by atoms with Gasteiger partial charge in [0.2, 0.25) is 5.82 Å². The van der Waals surface area contributed by atoms with Crippen molar-refractivity contribution in [2.75, 3.05) is 14.1 Å². The third kappa shape index (κ3) is 4.71. The molecule has 3 aromatic carbocycles. The first kappa shape index (κ1) is 23.9. The molecule has 1 heterocycles. The molecule has 2 amide bonds. The van der Waals surface area contributed by atoms with E-state index in [1.807, 2.05) is 36.4 Å². The molecule has 0 unspecified atom stereocenters. The van der Waals surface area contributed by atoms with Crippen molar-refractivity contribution in [3.8, 4) is 16.8 Å². The van der Waals surface area contributed by atoms with Crippen molar-refractivity contribution in [3.63, 3.8) is 0 Å². The zero-order valence-corrected chi connectivity index (χ0v) is 20.6. The monoisotopic (exact) mass is 467 g/mol. The number of aryl methyl sites for hydroxylation is 1. The van der Waals surface area contributed by atoms with Crippen molar-refractivity contribution in [3.05, 3.63) is 101 Å². The van der Waals surface area contributed by atoms with E-state index in [1.165, 1.54) is 5.56 Å². The number of nitrogens with zero attached hydrogens (tertiary/aromatic N) is 4. The second kappa shape index (κ2) is 9.18. The Bertz CT molecular complexity index is 1370. The molecule has 0 radical (unpaired) electrons. The molecule has 0 aliphatic rings. The van der Waals surface area contributed by atoms with Gasteiger partial charge in [-0.3, -0.25) is 9.59 Å². The van der Waals surface area contributed by atoms with Crippen LogP contribution in [-0.2, 0) is 5.41 Å². The van der Waals surface area contributed by atoms with Crippen LogP contribution >= 0.6 is 0 Å². The molecule has 0 aliphatic heterocycles. The van der Waals surface area contributed by atoms with E-state index in [9.17, 15) is 9.59 Å². The summed E-state index contributed by atoms with van der Waals surface area (Å²) in [6.07, 6.45) is 0. The van der Waals surface area contributed by atoms with Crippen molar-refractivity contribution >= 4 is 11.8 Å². The highest BCUT2D eigenvalue weighted by Crippen LogP contribution is 2.33. The predicted molar refractivity (Wildman–Crippen MR) is 137 cm³/mol. The number of nitrogens with two attached hydrogens (primary N) is 1. The maximum atomic E-state index is 12.1. The fourth-order valence-corrected chi connectivity index (χ4v) is 4.07. The second-order valence-electron chi connectivity index (χ2n) is 9.28. The Kier molecular flexibility index (Phi) is 6.26. The third-order valence-electron chi connectivity index (χ3n) is 6.30. The molecule has 2 N–H and O–H groups in total. The summed E-state index contributed by atoms with van der Waals surface area (Å²) in [5.41, 5.74) is 11.0. The summed E-state index contributed by atoms with van der Waals surface area (Å²) >= 11 is 0. The molecule has 0 fully saturated rings. The van der Waals surface area contributed by atoms with Crippen LogP contribution in [-0.4, -0.2) is 45.6 Å². The molecular formula is C28H29N5O2. The Morgan fingerprint density at radius 1 is 0.829 bits per heavy atom. The van der Waals surface area contributed by atoms with Crippen molar-refractivity contribution in [1.82, 2.24) is 19.7 Å². The number of hydrogen-bond acceptors (Lipinski definition) is 4. The Morgan fingerprint density at radius 3 is 1.77 bits per heavy atom. The van der Waals surface area contributed by atoms with Gasteiger partial charge in [0.05, 0.1) is 5.69 Å². The smallest absolute Gasteiger partial charge is 0.288 e. The minimum atomic E-state index is -0.647. The van der Waals surface area contributed by atoms with Crippen molar-refractivity contribution in [1.29, 1.82) is 0 Å². The average molecular weight is 468 g/mol. The second-order valence-corrected chi connectivity index (χ2v) is 9.28. The Labute approximate surface area is 205 Å². The van der Waals surface area contributed by atoms with Crippen LogP contribution in [0.1, 0.15) is 51.8 Å². The molecule has 4 aromatic rings. The fourth-order valence-electron chi connectivity index (χ4n) is 4.07. The molecule has 0 bridgehead atoms. The van der Waals surface area contributed by atoms with Gasteiger partial charge in [0, 0.05) is 25.1 Å². The van der Waals surface area contributed by atoms with Crippen LogP contribution < -0.4 is 5.73 Å². The highest BCUT2D eigenvalue weighted by Gasteiger charge is 2.23. The molecule has 0 saturated carbocycles. The summed E-state index contributed by atoms with van der Waals surface area (Å²) in [5, 5.41) is 4.20. The van der Waals surface area contributed by atoms with Gasteiger partial charge in [0.1, 0.15) is 5.82 Å². The summed E-state index contributed by atoms with van der Waals surface area (Å²) in [6.45, 7) is 6.15. The average Bonchev–Trinajstić information content (AvgIpc) is 3.25. The lowest BCUT2D eigenvalue weighted by Gasteiger charge is -2.26. The van der Waals surface area contributed by atoms with E-state index >= 15 is 0 Å². The number of amides is 2. The molecule has 0 aliphatic carbocycles. The van der Waals surface area contributed by atoms with Crippen LogP contribution in [0.3, 0.4) is 0 Å². The van der Waals surface area contributed by atoms with Crippen LogP contribution in [0.5, 0.6) is 0 Å². The number of benzene rings is 3. The molecule has 178 valence electrons. The van der Waals surface area contributed by atoms with Gasteiger partial charge >= 0.3 is 0 Å². The van der Waals surface area contributed by atoms with Crippen LogP contribution in [0.25, 0.3) is 16.8 Å². The summed E-state index contributed by atoms with van der Waals surface area (Å²) in [6, 6.07) is 24.2. The van der Waals surface area contributed by atoms with E-state index < -0.39 is 5.91 Å². The summed E-state index contributed by atoms with van der Waals surface area (Å²) < 4.78 is 1.61. The van der Waals surface area contributed by atoms with Crippen molar-refractivity contribution in [2.24, 2.45) is 5.73 Å². The first-order valence-electron chi connectivity index (χ1n) is 11.3. The largest absolute Gasteiger partial charge is 0.363 e. The van der Waals surface area contributed by atoms with Crippen LogP contribution in [0.4, 0.5) is 0 Å². The lowest BCUT2D eigenvalue weighted by atomic mass is 9.78. The molecule has 0 spiro atoms. The normalized spacial score (nSPS) is 11.3. The highest BCUT2D eigenvalue weighted by atomic mass is 16.2. The summed E-state index contributed by atoms with van der Waals surface area (Å²) in [7, 11) is 3.50. The van der Waals surface area contributed by atoms with Crippen LogP contribution in [0.15, 0.2) is 72.8 Å². The van der Waals surface area contributed by atoms with E-state index in [2.05, 4.69) is 60.3 Å². The number of carbonyl (C=O) groups excluding carboxylic acids is 2. The number of primary amides is 1. The Hall–Kier alpha value is -4.26. The molecule has 0 saturated heterocycles. The van der Waals surface area contributed by atoms with E-state index in [4.69, 9.17) is 5.73 Å². The molecular weight excluding hydrogens is 438 g/mol. The fraction of sp³-hybridized carbons (Fsp3) is 0.214. The lowest BCUT2D eigenvalue weighted by Crippen LogP contribution is -2.21. The number of aromatic nitrogens is 3. The van der Waals surface area contributed by atoms with Gasteiger partial charge in [0.15, 0.2) is 0 Å². The first-order valence-corrected chi connectivity index (χ1v) is 11.3. The van der Waals surface area contributed by atoms with Gasteiger partial charge in [0.25, 0.3) is 11.8 Å². The number of rotatable bonds is 6. The maximum Gasteiger partial charge on any atom is 0.288 e. The van der Waals surface area contributed by atoms with Gasteiger partial charge in [-0.05, 0) is 53.4 Å². The van der Waals surface area contributed by atoms with Gasteiger partial charge in [-0.2, -0.15) is 0 Å². The zero-order chi connectivity index (χ0) is 25.3. The SMILES string of the molecule is Cc1nc(C(N)=O)nn1-c1ccc(C(C)(C)c2ccc(-c3ccc(C(=O)N(C)C)cc3)cc2)cc1. The van der Waals surface area contributed by atoms with Gasteiger partial charge in [-0.1, -0.05) is 62.4 Å². The van der Waals surface area contributed by atoms with Crippen LogP contribution in [0, 0.1) is 6.92 Å². The molecule has 0 atom stereocenters. The predicted octanol–water partition coefficient (Wildman–Crippen LogP) is 4.37. The standard InChI is InChI=1S/C28H29N5O2/c1-18-30-26(25(29)34)31-33(18)24-16-14-23(15-17-24)28(2,3)22-12-10-20(11-13-22)19-6-8-21(9-7-19)27(35)32(4)5/h6-17H,1-5H3,(H2,29,34). The van der Waals surface area contributed by atoms with E-state index in [0.29, 0.717) is 11.4 Å². The highest BCUT2D eigenvalue weighted by molar-refractivity contribution is 5.94. The van der Waals surface area contributed by atoms with Crippen molar-refractivity contribution in [2.45, 2.75) is 26.2 Å². The minimum Gasteiger partial charge on any atom is -0.363 e. The summed E-state index contributed by atoms with van der Waals surface area (Å²) in [4.78, 5) is 29.2. The Balaban J connectivity index is 1.55. The maximum absolute atomic E-state index is 12.1. The van der Waals surface area contributed by atoms with Gasteiger partial charge < -0.3 is 10.6 Å². The quantitative estimate of drug-likeness (QED) is 0.456. The first-order chi connectivity index (χ1) is 16.6. The van der Waals surface area contributed by atoms with Gasteiger partial charge in [-0.15, -0.1) is 5.10 Å². The molecule has 1 aromatic heterocycles. The lowest BCUT2D eigenvalue weighted by molar-refractivity contribution is 0.0827. The van der Waals surface area contributed by atoms with E-state index in [0.717, 1.165) is 22.4 Å². The number of carbonyl (C=O) groups is 2. The van der Waals surface area contributed by atoms with Crippen molar-refractivity contribution < 1.29 is 9.59 Å². The third-order valence-corrected chi connectivity index (χ3v) is 6.30. The van der Waals surface area contributed by atoms with Gasteiger partial charge in [-0.25, -0.2) is 9.67 Å². The molecule has 7 heteroatoms. The van der Waals surface area contributed by atoms with E-state index in [-0.39, 0.29) is 17.1 Å². The summed E-state index contributed by atoms with van der Waals surface area (Å²) in [5.74, 6) is -0.0514. The Morgan fingerprint density at radius 2 is 1.31 bits per heavy atom. The van der Waals surface area contributed by atoms with Crippen LogP contribution in [0.2, 0.25) is 0 Å². The molecule has 35 heavy (non-hydrogen) atoms. The molecule has 4 rings (SSSR count). The van der Waals surface area contributed by atoms with E-state index in [1.54, 1.807) is 30.6 Å². The number of hydrogen-bond donors (Lipinski definition) is 1. The minimum absolute atomic E-state index is 0.00550. The topological polar surface area (TPSA) is 94.1 Å².